The van der Waals surface area contributed by atoms with E-state index in [-0.39, 0.29) is 16.7 Å². The van der Waals surface area contributed by atoms with Crippen LogP contribution in [0.2, 0.25) is 0 Å². The first-order valence-electron chi connectivity index (χ1n) is 8.79. The molecule has 0 spiro atoms. The van der Waals surface area contributed by atoms with E-state index in [0.29, 0.717) is 27.9 Å². The summed E-state index contributed by atoms with van der Waals surface area (Å²) in [4.78, 5) is 57.9. The maximum absolute atomic E-state index is 12.7. The Kier molecular flexibility index (Phi) is 5.67. The molecule has 4 rings (SSSR count). The van der Waals surface area contributed by atoms with Gasteiger partial charge >= 0.3 is 5.97 Å². The fraction of sp³-hybridized carbons (Fsp3) is 0.400. The summed E-state index contributed by atoms with van der Waals surface area (Å²) in [7, 11) is 0. The first-order chi connectivity index (χ1) is 14.8. The van der Waals surface area contributed by atoms with E-state index in [1.165, 1.54) is 11.8 Å². The second kappa shape index (κ2) is 8.27. The smallest absolute Gasteiger partial charge is 0.353 e. The molecule has 0 aromatic carbocycles. The SMILES string of the molecule is Cc1nsc(SC2=C(C(=O)O)N3C(=O)C(NC(=O)C(N=O)c4nsc(N)n4)C3CC2)n1. The first-order valence-corrected chi connectivity index (χ1v) is 11.2. The van der Waals surface area contributed by atoms with Crippen LogP contribution in [0.5, 0.6) is 0 Å². The van der Waals surface area contributed by atoms with Gasteiger partial charge in [0.15, 0.2) is 15.3 Å². The van der Waals surface area contributed by atoms with Gasteiger partial charge in [0.2, 0.25) is 6.04 Å². The highest BCUT2D eigenvalue weighted by Crippen LogP contribution is 2.43. The molecular weight excluding hydrogens is 468 g/mol. The van der Waals surface area contributed by atoms with Gasteiger partial charge in [-0.3, -0.25) is 14.5 Å². The number of rotatable bonds is 7. The van der Waals surface area contributed by atoms with E-state index in [1.807, 2.05) is 0 Å². The van der Waals surface area contributed by atoms with Crippen molar-refractivity contribution in [3.63, 3.8) is 0 Å². The third-order valence-electron chi connectivity index (χ3n) is 4.67. The van der Waals surface area contributed by atoms with E-state index in [2.05, 4.69) is 29.2 Å². The highest BCUT2D eigenvalue weighted by molar-refractivity contribution is 8.04. The predicted octanol–water partition coefficient (Wildman–Crippen LogP) is 0.666. The number of allylic oxidation sites excluding steroid dienone is 1. The number of nitrogens with two attached hydrogens (primary N) is 1. The highest BCUT2D eigenvalue weighted by atomic mass is 32.2. The Bertz CT molecular complexity index is 1110. The van der Waals surface area contributed by atoms with Gasteiger partial charge < -0.3 is 16.2 Å². The van der Waals surface area contributed by atoms with E-state index in [9.17, 15) is 24.4 Å². The number of carboxylic acids is 1. The second-order valence-electron chi connectivity index (χ2n) is 6.59. The molecule has 4 heterocycles. The monoisotopic (exact) mass is 482 g/mol. The summed E-state index contributed by atoms with van der Waals surface area (Å²) < 4.78 is 8.46. The summed E-state index contributed by atoms with van der Waals surface area (Å²) in [6.07, 6.45) is 0.806. The zero-order valence-electron chi connectivity index (χ0n) is 15.7. The van der Waals surface area contributed by atoms with Crippen LogP contribution in [0.4, 0.5) is 5.13 Å². The zero-order valence-corrected chi connectivity index (χ0v) is 18.2. The summed E-state index contributed by atoms with van der Waals surface area (Å²) in [5.74, 6) is -2.26. The molecule has 0 bridgehead atoms. The number of aryl methyl sites for hydroxylation is 1. The number of carboxylic acid groups (broad SMARTS) is 1. The average molecular weight is 483 g/mol. The lowest BCUT2D eigenvalue weighted by atomic mass is 9.86. The number of β-lactam (4-membered cyclic amide) rings is 1. The summed E-state index contributed by atoms with van der Waals surface area (Å²) in [6.45, 7) is 1.73. The maximum Gasteiger partial charge on any atom is 0.353 e. The van der Waals surface area contributed by atoms with E-state index in [4.69, 9.17) is 5.73 Å². The summed E-state index contributed by atoms with van der Waals surface area (Å²) in [5, 5.41) is 15.0. The molecule has 162 valence electrons. The van der Waals surface area contributed by atoms with Crippen LogP contribution in [0.25, 0.3) is 0 Å². The van der Waals surface area contributed by atoms with Crippen LogP contribution in [0.3, 0.4) is 0 Å². The Hall–Kier alpha value is -2.98. The van der Waals surface area contributed by atoms with Crippen LogP contribution in [0, 0.1) is 11.8 Å². The molecule has 2 aliphatic heterocycles. The van der Waals surface area contributed by atoms with Gasteiger partial charge in [-0.15, -0.1) is 4.91 Å². The van der Waals surface area contributed by atoms with E-state index in [0.717, 1.165) is 28.0 Å². The number of nitrogen functional groups attached to an aromatic ring is 1. The molecule has 3 atom stereocenters. The number of thioether (sulfide) groups is 1. The third-order valence-corrected chi connectivity index (χ3v) is 7.21. The van der Waals surface area contributed by atoms with Crippen molar-refractivity contribution in [2.45, 2.75) is 42.2 Å². The number of nitrogens with zero attached hydrogens (tertiary/aromatic N) is 6. The summed E-state index contributed by atoms with van der Waals surface area (Å²) >= 11 is 3.12. The van der Waals surface area contributed by atoms with Crippen molar-refractivity contribution in [2.75, 3.05) is 5.73 Å². The standard InChI is InChI=1S/C15H14N8O5S3/c1-4-17-15(31-21-4)29-6-3-2-5-7(12(25)23(5)9(6)13(26)27)18-11(24)8(20-28)10-19-14(16)30-22-10/h5,7-8H,2-3H2,1H3,(H,18,24)(H,26,27)(H2,16,19,22). The number of aliphatic carboxylic acids is 1. The molecule has 1 fully saturated rings. The van der Waals surface area contributed by atoms with Crippen LogP contribution < -0.4 is 11.1 Å². The quantitative estimate of drug-likeness (QED) is 0.371. The summed E-state index contributed by atoms with van der Waals surface area (Å²) in [6, 6.07) is -3.08. The van der Waals surface area contributed by atoms with Crippen LogP contribution >= 0.6 is 34.8 Å². The Morgan fingerprint density at radius 2 is 2.13 bits per heavy atom. The second-order valence-corrected chi connectivity index (χ2v) is 9.46. The molecule has 0 aliphatic carbocycles. The number of fused-ring (bicyclic) bond motifs is 1. The molecule has 2 aromatic rings. The largest absolute Gasteiger partial charge is 0.477 e. The van der Waals surface area contributed by atoms with Crippen LogP contribution in [0.15, 0.2) is 20.1 Å². The normalized spacial score (nSPS) is 21.3. The lowest BCUT2D eigenvalue weighted by Gasteiger charge is -2.50. The number of carbonyl (C=O) groups excluding carboxylic acids is 2. The lowest BCUT2D eigenvalue weighted by Crippen LogP contribution is -2.71. The lowest BCUT2D eigenvalue weighted by molar-refractivity contribution is -0.156. The van der Waals surface area contributed by atoms with Gasteiger partial charge in [-0.2, -0.15) is 8.75 Å². The first kappa shape index (κ1) is 21.3. The van der Waals surface area contributed by atoms with Gasteiger partial charge in [-0.1, -0.05) is 11.8 Å². The average Bonchev–Trinajstić information content (AvgIpc) is 3.34. The Balaban J connectivity index is 1.51. The van der Waals surface area contributed by atoms with Crippen molar-refractivity contribution in [1.29, 1.82) is 0 Å². The molecule has 16 heteroatoms. The van der Waals surface area contributed by atoms with Crippen LogP contribution in [-0.4, -0.2) is 58.6 Å². The molecule has 4 N–H and O–H groups in total. The number of hydrogen-bond donors (Lipinski definition) is 3. The van der Waals surface area contributed by atoms with E-state index in [1.54, 1.807) is 6.92 Å². The number of carbonyl (C=O) groups is 3. The number of anilines is 1. The van der Waals surface area contributed by atoms with Crippen LogP contribution in [0.1, 0.15) is 30.5 Å². The topological polar surface area (TPSA) is 194 Å². The molecule has 13 nitrogen and oxygen atoms in total. The molecule has 0 saturated carbocycles. The fourth-order valence-electron chi connectivity index (χ4n) is 3.36. The van der Waals surface area contributed by atoms with Gasteiger partial charge in [0.25, 0.3) is 11.8 Å². The Morgan fingerprint density at radius 1 is 1.35 bits per heavy atom. The molecule has 2 aliphatic rings. The van der Waals surface area contributed by atoms with E-state index >= 15 is 0 Å². The van der Waals surface area contributed by atoms with Crippen LogP contribution in [-0.2, 0) is 14.4 Å². The number of nitroso groups, excluding NO2 is 1. The van der Waals surface area contributed by atoms with Crippen molar-refractivity contribution in [3.05, 3.63) is 27.2 Å². The van der Waals surface area contributed by atoms with Gasteiger partial charge in [-0.25, -0.2) is 14.8 Å². The van der Waals surface area contributed by atoms with Gasteiger partial charge in [0, 0.05) is 16.4 Å². The number of amides is 2. The molecular formula is C15H14N8O5S3. The molecule has 31 heavy (non-hydrogen) atoms. The Labute approximate surface area is 186 Å². The van der Waals surface area contributed by atoms with Gasteiger partial charge in [0.1, 0.15) is 17.6 Å². The van der Waals surface area contributed by atoms with Gasteiger partial charge in [0.05, 0.1) is 6.04 Å². The maximum atomic E-state index is 12.7. The molecule has 2 aromatic heterocycles. The Morgan fingerprint density at radius 3 is 2.71 bits per heavy atom. The highest BCUT2D eigenvalue weighted by Gasteiger charge is 2.54. The van der Waals surface area contributed by atoms with Crippen molar-refractivity contribution >= 4 is 57.7 Å². The van der Waals surface area contributed by atoms with Crippen molar-refractivity contribution in [2.24, 2.45) is 5.18 Å². The molecule has 2 amide bonds. The van der Waals surface area contributed by atoms with Gasteiger partial charge in [-0.05, 0) is 36.5 Å². The fourth-order valence-corrected chi connectivity index (χ4v) is 5.70. The number of nitrogens with one attached hydrogen (secondary N) is 1. The molecule has 3 unspecified atom stereocenters. The predicted molar refractivity (Wildman–Crippen MR) is 110 cm³/mol. The van der Waals surface area contributed by atoms with E-state index < -0.39 is 35.9 Å². The van der Waals surface area contributed by atoms with Crippen molar-refractivity contribution < 1.29 is 19.5 Å². The minimum Gasteiger partial charge on any atom is -0.477 e. The number of hydrogen-bond acceptors (Lipinski definition) is 13. The zero-order chi connectivity index (χ0) is 22.3. The molecule has 1 saturated heterocycles. The number of aromatic nitrogens is 4. The minimum atomic E-state index is -1.56. The third kappa shape index (κ3) is 3.88. The van der Waals surface area contributed by atoms with Crippen molar-refractivity contribution in [3.8, 4) is 0 Å². The molecule has 0 radical (unpaired) electrons. The minimum absolute atomic E-state index is 0.0708. The summed E-state index contributed by atoms with van der Waals surface area (Å²) in [5.41, 5.74) is 5.34. The van der Waals surface area contributed by atoms with Crippen molar-refractivity contribution in [1.82, 2.24) is 28.9 Å².